The maximum atomic E-state index is 4.72. The summed E-state index contributed by atoms with van der Waals surface area (Å²) in [6.45, 7) is 3.19. The fraction of sp³-hybridized carbons (Fsp3) is 0.889. The molecule has 0 atom stereocenters. The van der Waals surface area contributed by atoms with Crippen LogP contribution in [-0.4, -0.2) is 10.9 Å². The van der Waals surface area contributed by atoms with Gasteiger partial charge < -0.3 is 30.2 Å². The number of rotatable bonds is 7. The van der Waals surface area contributed by atoms with Crippen molar-refractivity contribution in [3.8, 4) is 0 Å². The van der Waals surface area contributed by atoms with Gasteiger partial charge >= 0.3 is 0 Å². The Morgan fingerprint density at radius 2 is 1.69 bits per heavy atom. The Bertz CT molecular complexity index is 120. The summed E-state index contributed by atoms with van der Waals surface area (Å²) in [5, 5.41) is 2.98. The molecule has 78 valence electrons. The third kappa shape index (κ3) is 15.5. The van der Waals surface area contributed by atoms with Gasteiger partial charge in [0.05, 0.1) is 0 Å². The molecule has 0 aromatic rings. The molecule has 0 saturated heterocycles. The Morgan fingerprint density at radius 3 is 2.23 bits per heavy atom. The van der Waals surface area contributed by atoms with Crippen molar-refractivity contribution in [3.05, 3.63) is 0 Å². The average Bonchev–Trinajstić information content (AvgIpc) is 2.02. The second-order valence-electron chi connectivity index (χ2n) is 2.98. The van der Waals surface area contributed by atoms with E-state index in [1.807, 2.05) is 0 Å². The van der Waals surface area contributed by atoms with E-state index in [2.05, 4.69) is 12.2 Å². The molecular formula is C9H18MoNS2-. The molecule has 0 aliphatic rings. The molecule has 0 heterocycles. The SMILES string of the molecule is CCCCCCCCNC(=S)[S-].[Mo]. The van der Waals surface area contributed by atoms with Crippen LogP contribution in [0.25, 0.3) is 0 Å². The summed E-state index contributed by atoms with van der Waals surface area (Å²) in [4.78, 5) is 0. The van der Waals surface area contributed by atoms with Crippen molar-refractivity contribution in [2.45, 2.75) is 45.4 Å². The smallest absolute Gasteiger partial charge is 0.0132 e. The molecule has 0 amide bonds. The Morgan fingerprint density at radius 1 is 1.15 bits per heavy atom. The van der Waals surface area contributed by atoms with Crippen LogP contribution in [0.15, 0.2) is 0 Å². The minimum atomic E-state index is 0. The van der Waals surface area contributed by atoms with Crippen molar-refractivity contribution in [3.63, 3.8) is 0 Å². The van der Waals surface area contributed by atoms with Gasteiger partial charge in [0.1, 0.15) is 0 Å². The molecule has 0 fully saturated rings. The molecule has 1 N–H and O–H groups in total. The quantitative estimate of drug-likeness (QED) is 0.336. The summed E-state index contributed by atoms with van der Waals surface area (Å²) >= 11 is 9.44. The van der Waals surface area contributed by atoms with Gasteiger partial charge in [0.2, 0.25) is 0 Å². The van der Waals surface area contributed by atoms with Gasteiger partial charge in [-0.05, 0) is 6.42 Å². The second kappa shape index (κ2) is 12.8. The van der Waals surface area contributed by atoms with Gasteiger partial charge in [-0.25, -0.2) is 0 Å². The molecule has 0 rings (SSSR count). The van der Waals surface area contributed by atoms with E-state index >= 15 is 0 Å². The standard InChI is InChI=1S/C9H19NS2.Mo/c1-2-3-4-5-6-7-8-10-9(11)12;/h2-8H2,1H3,(H2,10,11,12);/p-1. The van der Waals surface area contributed by atoms with E-state index in [9.17, 15) is 0 Å². The van der Waals surface area contributed by atoms with E-state index < -0.39 is 0 Å². The molecule has 0 unspecified atom stereocenters. The van der Waals surface area contributed by atoms with Crippen LogP contribution in [0.2, 0.25) is 0 Å². The van der Waals surface area contributed by atoms with Crippen molar-refractivity contribution in [2.75, 3.05) is 6.54 Å². The van der Waals surface area contributed by atoms with Gasteiger partial charge in [0.25, 0.3) is 0 Å². The van der Waals surface area contributed by atoms with Crippen molar-refractivity contribution in [1.82, 2.24) is 5.32 Å². The van der Waals surface area contributed by atoms with E-state index in [1.165, 1.54) is 38.5 Å². The van der Waals surface area contributed by atoms with Crippen LogP contribution >= 0.6 is 12.2 Å². The molecule has 0 aliphatic carbocycles. The van der Waals surface area contributed by atoms with Crippen LogP contribution < -0.4 is 5.32 Å². The largest absolute Gasteiger partial charge is 0.412 e. The van der Waals surface area contributed by atoms with Gasteiger partial charge in [-0.3, -0.25) is 0 Å². The zero-order valence-corrected chi connectivity index (χ0v) is 11.8. The monoisotopic (exact) mass is 302 g/mol. The third-order valence-corrected chi connectivity index (χ3v) is 2.09. The van der Waals surface area contributed by atoms with Crippen molar-refractivity contribution < 1.29 is 21.1 Å². The van der Waals surface area contributed by atoms with Gasteiger partial charge in [-0.1, -0.05) is 43.3 Å². The van der Waals surface area contributed by atoms with Gasteiger partial charge in [-0.15, -0.1) is 0 Å². The van der Waals surface area contributed by atoms with Gasteiger partial charge in [0, 0.05) is 27.6 Å². The summed E-state index contributed by atoms with van der Waals surface area (Å²) in [5.41, 5.74) is 0. The molecule has 0 aliphatic heterocycles. The van der Waals surface area contributed by atoms with E-state index in [4.69, 9.17) is 24.8 Å². The molecule has 0 spiro atoms. The third-order valence-electron chi connectivity index (χ3n) is 1.80. The summed E-state index contributed by atoms with van der Waals surface area (Å²) in [6, 6.07) is 0. The zero-order chi connectivity index (χ0) is 9.23. The average molecular weight is 300 g/mol. The van der Waals surface area contributed by atoms with E-state index in [-0.39, 0.29) is 21.1 Å². The fourth-order valence-electron chi connectivity index (χ4n) is 1.10. The van der Waals surface area contributed by atoms with E-state index in [0.717, 1.165) is 6.54 Å². The Hall–Kier alpha value is 0.798. The number of nitrogens with one attached hydrogen (secondary N) is 1. The molecule has 0 bridgehead atoms. The van der Waals surface area contributed by atoms with Crippen molar-refractivity contribution in [1.29, 1.82) is 0 Å². The van der Waals surface area contributed by atoms with E-state index in [0.29, 0.717) is 4.32 Å². The topological polar surface area (TPSA) is 12.0 Å². The minimum Gasteiger partial charge on any atom is -0.412 e. The van der Waals surface area contributed by atoms with Crippen LogP contribution in [-0.2, 0) is 33.7 Å². The summed E-state index contributed by atoms with van der Waals surface area (Å²) < 4.78 is 0.503. The molecule has 0 saturated carbocycles. The predicted octanol–water partition coefficient (Wildman–Crippen LogP) is 2.77. The first-order valence-electron chi connectivity index (χ1n) is 4.72. The second-order valence-corrected chi connectivity index (χ2v) is 4.06. The van der Waals surface area contributed by atoms with Crippen LogP contribution in [0.1, 0.15) is 45.4 Å². The number of hydrogen-bond acceptors (Lipinski definition) is 2. The summed E-state index contributed by atoms with van der Waals surface area (Å²) in [5.74, 6) is 0. The van der Waals surface area contributed by atoms with Gasteiger partial charge in [0.15, 0.2) is 0 Å². The number of thiocarbonyl (C=S) groups is 1. The van der Waals surface area contributed by atoms with Gasteiger partial charge in [-0.2, -0.15) is 0 Å². The molecule has 1 nitrogen and oxygen atoms in total. The molecule has 0 radical (unpaired) electrons. The summed E-state index contributed by atoms with van der Waals surface area (Å²) in [6.07, 6.45) is 7.89. The first-order chi connectivity index (χ1) is 5.77. The molecule has 0 aromatic carbocycles. The van der Waals surface area contributed by atoms with E-state index in [1.54, 1.807) is 0 Å². The van der Waals surface area contributed by atoms with Crippen LogP contribution in [0.5, 0.6) is 0 Å². The number of hydrogen-bond donors (Lipinski definition) is 1. The molecular weight excluding hydrogens is 282 g/mol. The van der Waals surface area contributed by atoms with Crippen LogP contribution in [0.3, 0.4) is 0 Å². The van der Waals surface area contributed by atoms with Crippen molar-refractivity contribution >= 4 is 29.2 Å². The fourth-order valence-corrected chi connectivity index (χ4v) is 1.30. The minimum absolute atomic E-state index is 0. The maximum absolute atomic E-state index is 4.72. The molecule has 0 aromatic heterocycles. The van der Waals surface area contributed by atoms with Crippen molar-refractivity contribution in [2.24, 2.45) is 0 Å². The normalized spacial score (nSPS) is 9.00. The first-order valence-corrected chi connectivity index (χ1v) is 5.54. The Labute approximate surface area is 107 Å². The van der Waals surface area contributed by atoms with Crippen LogP contribution in [0.4, 0.5) is 0 Å². The predicted molar refractivity (Wildman–Crippen MR) is 61.3 cm³/mol. The first kappa shape index (κ1) is 16.2. The Balaban J connectivity index is 0. The van der Waals surface area contributed by atoms with Crippen LogP contribution in [0, 0.1) is 0 Å². The maximum Gasteiger partial charge on any atom is 0.0132 e. The molecule has 4 heteroatoms. The number of unbranched alkanes of at least 4 members (excludes halogenated alkanes) is 5. The molecule has 13 heavy (non-hydrogen) atoms. The Kier molecular flexibility index (Phi) is 16.0. The zero-order valence-electron chi connectivity index (χ0n) is 8.17. The summed E-state index contributed by atoms with van der Waals surface area (Å²) in [7, 11) is 0.